The Balaban J connectivity index is 1.64. The van der Waals surface area contributed by atoms with Crippen LogP contribution in [0.2, 0.25) is 0 Å². The largest absolute Gasteiger partial charge is 0.505 e. The zero-order valence-corrected chi connectivity index (χ0v) is 15.0. The molecule has 3 aromatic heterocycles. The molecule has 1 aromatic carbocycles. The number of fused-ring (bicyclic) bond motifs is 3. The monoisotopic (exact) mass is 393 g/mol. The molecule has 1 fully saturated rings. The van der Waals surface area contributed by atoms with E-state index in [0.717, 1.165) is 18.4 Å². The molecule has 4 aromatic rings. The smallest absolute Gasteiger partial charge is 0.322 e. The molecule has 11 heteroatoms. The molecule has 0 bridgehead atoms. The standard InChI is InChI=1S/C18H15N7O4/c26-14(27)6-19-18(29)15-16(28)11-4-1-9(5-12(11)17-20-8-21-25(15)17)13-7-24(23-22-13)10-2-3-10/h1,4-5,7-8,10,28H,2-3,6H2,(H,19,29)(H,26,27). The fourth-order valence-electron chi connectivity index (χ4n) is 3.28. The van der Waals surface area contributed by atoms with Crippen LogP contribution in [0.1, 0.15) is 29.4 Å². The highest BCUT2D eigenvalue weighted by Crippen LogP contribution is 2.36. The molecule has 5 rings (SSSR count). The van der Waals surface area contributed by atoms with Gasteiger partial charge in [-0.2, -0.15) is 5.10 Å². The number of pyridine rings is 1. The Morgan fingerprint density at radius 2 is 2.07 bits per heavy atom. The number of hydrogen-bond acceptors (Lipinski definition) is 7. The Labute approximate surface area is 162 Å². The second-order valence-electron chi connectivity index (χ2n) is 6.84. The maximum absolute atomic E-state index is 12.4. The average Bonchev–Trinajstić information content (AvgIpc) is 3.24. The summed E-state index contributed by atoms with van der Waals surface area (Å²) in [6.07, 6.45) is 5.34. The van der Waals surface area contributed by atoms with Crippen molar-refractivity contribution >= 4 is 28.3 Å². The van der Waals surface area contributed by atoms with Crippen LogP contribution in [0.4, 0.5) is 0 Å². The molecule has 0 atom stereocenters. The number of carboxylic acid groups (broad SMARTS) is 1. The van der Waals surface area contributed by atoms with Crippen LogP contribution in [0.15, 0.2) is 30.7 Å². The summed E-state index contributed by atoms with van der Waals surface area (Å²) < 4.78 is 3.04. The summed E-state index contributed by atoms with van der Waals surface area (Å²) in [6, 6.07) is 5.66. The number of nitrogens with zero attached hydrogens (tertiary/aromatic N) is 6. The van der Waals surface area contributed by atoms with Gasteiger partial charge in [0, 0.05) is 16.3 Å². The van der Waals surface area contributed by atoms with Gasteiger partial charge in [0.1, 0.15) is 18.6 Å². The van der Waals surface area contributed by atoms with Crippen LogP contribution in [0, 0.1) is 0 Å². The minimum absolute atomic E-state index is 0.182. The van der Waals surface area contributed by atoms with Crippen LogP contribution in [-0.4, -0.2) is 58.2 Å². The summed E-state index contributed by atoms with van der Waals surface area (Å²) in [7, 11) is 0. The van der Waals surface area contributed by atoms with Gasteiger partial charge in [0.25, 0.3) is 5.91 Å². The third-order valence-corrected chi connectivity index (χ3v) is 4.84. The SMILES string of the molecule is O=C(O)CNC(=O)c1c(O)c2ccc(-c3cn(C4CC4)nn3)cc2c2ncnn12. The van der Waals surface area contributed by atoms with Crippen molar-refractivity contribution in [3.63, 3.8) is 0 Å². The van der Waals surface area contributed by atoms with E-state index in [0.29, 0.717) is 28.2 Å². The number of aromatic hydroxyl groups is 1. The molecule has 0 radical (unpaired) electrons. The molecule has 29 heavy (non-hydrogen) atoms. The number of carbonyl (C=O) groups excluding carboxylic acids is 1. The van der Waals surface area contributed by atoms with Gasteiger partial charge in [0.2, 0.25) is 0 Å². The van der Waals surface area contributed by atoms with Gasteiger partial charge in [-0.05, 0) is 25.0 Å². The van der Waals surface area contributed by atoms with Gasteiger partial charge in [0.05, 0.1) is 12.2 Å². The molecule has 0 unspecified atom stereocenters. The van der Waals surface area contributed by atoms with E-state index in [-0.39, 0.29) is 11.4 Å². The molecule has 1 amide bonds. The fraction of sp³-hybridized carbons (Fsp3) is 0.222. The summed E-state index contributed by atoms with van der Waals surface area (Å²) >= 11 is 0. The lowest BCUT2D eigenvalue weighted by Gasteiger charge is -2.11. The predicted octanol–water partition coefficient (Wildman–Crippen LogP) is 0.996. The van der Waals surface area contributed by atoms with Crippen molar-refractivity contribution < 1.29 is 19.8 Å². The molecule has 11 nitrogen and oxygen atoms in total. The first kappa shape index (κ1) is 17.1. The van der Waals surface area contributed by atoms with Crippen molar-refractivity contribution in [2.24, 2.45) is 0 Å². The third-order valence-electron chi connectivity index (χ3n) is 4.84. The highest BCUT2D eigenvalue weighted by atomic mass is 16.4. The van der Waals surface area contributed by atoms with Crippen molar-refractivity contribution in [1.29, 1.82) is 0 Å². The number of nitrogens with one attached hydrogen (secondary N) is 1. The summed E-state index contributed by atoms with van der Waals surface area (Å²) in [5.74, 6) is -2.27. The van der Waals surface area contributed by atoms with E-state index in [1.54, 1.807) is 18.2 Å². The molecule has 3 N–H and O–H groups in total. The van der Waals surface area contributed by atoms with Gasteiger partial charge in [-0.1, -0.05) is 11.3 Å². The van der Waals surface area contributed by atoms with E-state index < -0.39 is 18.4 Å². The van der Waals surface area contributed by atoms with Gasteiger partial charge in [-0.3, -0.25) is 9.59 Å². The van der Waals surface area contributed by atoms with Crippen LogP contribution in [0.25, 0.3) is 27.7 Å². The average molecular weight is 393 g/mol. The van der Waals surface area contributed by atoms with Crippen molar-refractivity contribution in [3.05, 3.63) is 36.4 Å². The first-order chi connectivity index (χ1) is 14.0. The lowest BCUT2D eigenvalue weighted by molar-refractivity contribution is -0.135. The second kappa shape index (κ2) is 6.26. The Hall–Kier alpha value is -4.02. The highest BCUT2D eigenvalue weighted by molar-refractivity contribution is 6.07. The summed E-state index contributed by atoms with van der Waals surface area (Å²) in [4.78, 5) is 27.4. The maximum Gasteiger partial charge on any atom is 0.322 e. The topological polar surface area (TPSA) is 148 Å². The van der Waals surface area contributed by atoms with E-state index in [2.05, 4.69) is 25.7 Å². The Morgan fingerprint density at radius 1 is 1.24 bits per heavy atom. The van der Waals surface area contributed by atoms with Gasteiger partial charge in [-0.15, -0.1) is 5.10 Å². The van der Waals surface area contributed by atoms with Crippen molar-refractivity contribution in [3.8, 4) is 17.0 Å². The van der Waals surface area contributed by atoms with Crippen LogP contribution in [-0.2, 0) is 4.79 Å². The first-order valence-corrected chi connectivity index (χ1v) is 8.93. The molecule has 1 saturated carbocycles. The van der Waals surface area contributed by atoms with E-state index in [1.165, 1.54) is 10.8 Å². The lowest BCUT2D eigenvalue weighted by Crippen LogP contribution is -2.31. The van der Waals surface area contributed by atoms with E-state index in [4.69, 9.17) is 5.11 Å². The maximum atomic E-state index is 12.4. The van der Waals surface area contributed by atoms with Crippen molar-refractivity contribution in [1.82, 2.24) is 34.9 Å². The number of benzene rings is 1. The quantitative estimate of drug-likeness (QED) is 0.455. The molecule has 1 aliphatic carbocycles. The number of aliphatic carboxylic acids is 1. The highest BCUT2D eigenvalue weighted by Gasteiger charge is 2.26. The Morgan fingerprint density at radius 3 is 2.83 bits per heavy atom. The number of aromatic nitrogens is 6. The molecule has 0 aliphatic heterocycles. The molecule has 3 heterocycles. The Bertz CT molecular complexity index is 1290. The first-order valence-electron chi connectivity index (χ1n) is 8.93. The van der Waals surface area contributed by atoms with Gasteiger partial charge < -0.3 is 15.5 Å². The molecule has 146 valence electrons. The zero-order chi connectivity index (χ0) is 20.1. The zero-order valence-electron chi connectivity index (χ0n) is 15.0. The van der Waals surface area contributed by atoms with Gasteiger partial charge in [0.15, 0.2) is 17.1 Å². The fourth-order valence-corrected chi connectivity index (χ4v) is 3.28. The number of rotatable bonds is 5. The van der Waals surface area contributed by atoms with Crippen LogP contribution < -0.4 is 5.32 Å². The summed E-state index contributed by atoms with van der Waals surface area (Å²) in [5.41, 5.74) is 1.66. The minimum atomic E-state index is -1.20. The van der Waals surface area contributed by atoms with Crippen molar-refractivity contribution in [2.75, 3.05) is 6.54 Å². The number of carbonyl (C=O) groups is 2. The van der Waals surface area contributed by atoms with E-state index >= 15 is 0 Å². The predicted molar refractivity (Wildman–Crippen MR) is 99.4 cm³/mol. The molecule has 0 saturated heterocycles. The molecular formula is C18H15N7O4. The minimum Gasteiger partial charge on any atom is -0.505 e. The molecule has 0 spiro atoms. The van der Waals surface area contributed by atoms with E-state index in [9.17, 15) is 14.7 Å². The van der Waals surface area contributed by atoms with Crippen LogP contribution in [0.5, 0.6) is 5.75 Å². The second-order valence-corrected chi connectivity index (χ2v) is 6.84. The number of hydrogen-bond donors (Lipinski definition) is 3. The number of amides is 1. The normalized spacial score (nSPS) is 13.8. The van der Waals surface area contributed by atoms with Gasteiger partial charge in [-0.25, -0.2) is 14.2 Å². The summed E-state index contributed by atoms with van der Waals surface area (Å²) in [6.45, 7) is -0.581. The number of carboxylic acids is 1. The lowest BCUT2D eigenvalue weighted by atomic mass is 10.0. The summed E-state index contributed by atoms with van der Waals surface area (Å²) in [5, 5.41) is 35.1. The molecule has 1 aliphatic rings. The van der Waals surface area contributed by atoms with Gasteiger partial charge >= 0.3 is 5.97 Å². The van der Waals surface area contributed by atoms with Crippen LogP contribution >= 0.6 is 0 Å². The van der Waals surface area contributed by atoms with E-state index in [1.807, 2.05) is 10.9 Å². The van der Waals surface area contributed by atoms with Crippen LogP contribution in [0.3, 0.4) is 0 Å². The Kier molecular flexibility index (Phi) is 3.69. The third kappa shape index (κ3) is 2.83. The van der Waals surface area contributed by atoms with Crippen molar-refractivity contribution in [2.45, 2.75) is 18.9 Å². The molecular weight excluding hydrogens is 378 g/mol.